The zero-order valence-corrected chi connectivity index (χ0v) is 13.0. The molecule has 7 heteroatoms. The number of imide groups is 1. The van der Waals surface area contributed by atoms with Gasteiger partial charge in [-0.25, -0.2) is 9.18 Å². The monoisotopic (exact) mass is 329 g/mol. The average molecular weight is 329 g/mol. The summed E-state index contributed by atoms with van der Waals surface area (Å²) >= 11 is 1.43. The van der Waals surface area contributed by atoms with Gasteiger partial charge < -0.3 is 5.32 Å². The number of amides is 3. The van der Waals surface area contributed by atoms with Gasteiger partial charge in [-0.15, -0.1) is 0 Å². The normalized spacial score (nSPS) is 20.5. The molecule has 2 heterocycles. The van der Waals surface area contributed by atoms with Crippen molar-refractivity contribution in [3.63, 3.8) is 0 Å². The molecule has 23 heavy (non-hydrogen) atoms. The molecule has 1 saturated heterocycles. The van der Waals surface area contributed by atoms with E-state index in [9.17, 15) is 14.0 Å². The standard InChI is InChI=1S/C16H12FN3O2S/c1-16(12-4-5-23-9-12)14(21)20(15(22)19-16)8-11-3-2-10(7-18)6-13(11)17/h2-6,9H,8H2,1H3,(H,19,22)/t16-/m0/s1. The molecular formula is C16H12FN3O2S. The van der Waals surface area contributed by atoms with Crippen LogP contribution in [-0.4, -0.2) is 16.8 Å². The van der Waals surface area contributed by atoms with E-state index >= 15 is 0 Å². The van der Waals surface area contributed by atoms with Crippen LogP contribution in [0.25, 0.3) is 0 Å². The zero-order chi connectivity index (χ0) is 16.6. The largest absolute Gasteiger partial charge is 0.325 e. The number of benzene rings is 1. The maximum absolute atomic E-state index is 14.0. The van der Waals surface area contributed by atoms with Crippen molar-refractivity contribution in [1.82, 2.24) is 10.2 Å². The van der Waals surface area contributed by atoms with Gasteiger partial charge in [-0.1, -0.05) is 6.07 Å². The summed E-state index contributed by atoms with van der Waals surface area (Å²) in [4.78, 5) is 25.8. The van der Waals surface area contributed by atoms with Crippen LogP contribution in [0.5, 0.6) is 0 Å². The summed E-state index contributed by atoms with van der Waals surface area (Å²) in [5.41, 5.74) is -0.0718. The Bertz CT molecular complexity index is 828. The number of halogens is 1. The Hall–Kier alpha value is -2.72. The van der Waals surface area contributed by atoms with E-state index in [4.69, 9.17) is 5.26 Å². The number of hydrogen-bond donors (Lipinski definition) is 1. The third-order valence-corrected chi connectivity index (χ3v) is 4.57. The third-order valence-electron chi connectivity index (χ3n) is 3.88. The number of nitrogens with one attached hydrogen (secondary N) is 1. The van der Waals surface area contributed by atoms with Crippen molar-refractivity contribution in [2.75, 3.05) is 0 Å². The van der Waals surface area contributed by atoms with Gasteiger partial charge in [0.2, 0.25) is 0 Å². The van der Waals surface area contributed by atoms with Gasteiger partial charge in [0.05, 0.1) is 18.2 Å². The first kappa shape index (κ1) is 15.2. The van der Waals surface area contributed by atoms with E-state index in [1.807, 2.05) is 11.4 Å². The minimum atomic E-state index is -1.14. The van der Waals surface area contributed by atoms with Crippen LogP contribution in [0.2, 0.25) is 0 Å². The van der Waals surface area contributed by atoms with Gasteiger partial charge in [-0.2, -0.15) is 16.6 Å². The van der Waals surface area contributed by atoms with E-state index in [0.717, 1.165) is 11.0 Å². The van der Waals surface area contributed by atoms with Crippen molar-refractivity contribution in [2.45, 2.75) is 19.0 Å². The predicted octanol–water partition coefficient (Wildman–Crippen LogP) is 2.73. The van der Waals surface area contributed by atoms with E-state index in [1.54, 1.807) is 18.4 Å². The first-order valence-electron chi connectivity index (χ1n) is 6.81. The summed E-state index contributed by atoms with van der Waals surface area (Å²) in [6.07, 6.45) is 0. The van der Waals surface area contributed by atoms with Crippen LogP contribution < -0.4 is 5.32 Å². The lowest BCUT2D eigenvalue weighted by atomic mass is 9.95. The van der Waals surface area contributed by atoms with Gasteiger partial charge in [-0.3, -0.25) is 9.69 Å². The highest BCUT2D eigenvalue weighted by Gasteiger charge is 2.49. The molecule has 0 aliphatic carbocycles. The minimum absolute atomic E-state index is 0.179. The Labute approximate surface area is 136 Å². The van der Waals surface area contributed by atoms with Gasteiger partial charge in [0.1, 0.15) is 11.4 Å². The van der Waals surface area contributed by atoms with Crippen molar-refractivity contribution in [1.29, 1.82) is 5.26 Å². The smallest absolute Gasteiger partial charge is 0.319 e. The number of nitrogens with zero attached hydrogens (tertiary/aromatic N) is 2. The van der Waals surface area contributed by atoms with Gasteiger partial charge in [-0.05, 0) is 41.4 Å². The molecule has 1 aromatic carbocycles. The molecule has 1 atom stereocenters. The van der Waals surface area contributed by atoms with Crippen molar-refractivity contribution in [3.05, 3.63) is 57.5 Å². The third kappa shape index (κ3) is 2.47. The molecule has 3 amide bonds. The molecule has 116 valence electrons. The first-order chi connectivity index (χ1) is 11.0. The van der Waals surface area contributed by atoms with E-state index in [0.29, 0.717) is 5.56 Å². The molecule has 0 unspecified atom stereocenters. The number of urea groups is 1. The van der Waals surface area contributed by atoms with Crippen molar-refractivity contribution < 1.29 is 14.0 Å². The highest BCUT2D eigenvalue weighted by molar-refractivity contribution is 7.08. The molecular weight excluding hydrogens is 317 g/mol. The average Bonchev–Trinajstić information content (AvgIpc) is 3.13. The van der Waals surface area contributed by atoms with E-state index in [-0.39, 0.29) is 17.7 Å². The Morgan fingerprint density at radius 2 is 2.17 bits per heavy atom. The maximum Gasteiger partial charge on any atom is 0.325 e. The molecule has 0 bridgehead atoms. The van der Waals surface area contributed by atoms with Gasteiger partial charge in [0.15, 0.2) is 0 Å². The molecule has 1 fully saturated rings. The molecule has 3 rings (SSSR count). The second kappa shape index (κ2) is 5.48. The number of rotatable bonds is 3. The second-order valence-electron chi connectivity index (χ2n) is 5.38. The SMILES string of the molecule is C[C@@]1(c2ccsc2)NC(=O)N(Cc2ccc(C#N)cc2F)C1=O. The number of carbonyl (C=O) groups is 2. The van der Waals surface area contributed by atoms with Crippen molar-refractivity contribution >= 4 is 23.3 Å². The molecule has 0 spiro atoms. The number of carbonyl (C=O) groups excluding carboxylic acids is 2. The lowest BCUT2D eigenvalue weighted by Gasteiger charge is -2.20. The zero-order valence-electron chi connectivity index (χ0n) is 12.2. The number of nitriles is 1. The first-order valence-corrected chi connectivity index (χ1v) is 7.75. The second-order valence-corrected chi connectivity index (χ2v) is 6.16. The van der Waals surface area contributed by atoms with Crippen LogP contribution in [0.3, 0.4) is 0 Å². The quantitative estimate of drug-likeness (QED) is 0.880. The van der Waals surface area contributed by atoms with Crippen molar-refractivity contribution in [2.24, 2.45) is 0 Å². The fraction of sp³-hybridized carbons (Fsp3) is 0.188. The highest BCUT2D eigenvalue weighted by Crippen LogP contribution is 2.31. The van der Waals surface area contributed by atoms with E-state index in [1.165, 1.54) is 23.5 Å². The van der Waals surface area contributed by atoms with Gasteiger partial charge in [0.25, 0.3) is 5.91 Å². The molecule has 1 aliphatic heterocycles. The Kier molecular flexibility index (Phi) is 3.62. The lowest BCUT2D eigenvalue weighted by molar-refractivity contribution is -0.131. The van der Waals surface area contributed by atoms with E-state index < -0.39 is 23.3 Å². The van der Waals surface area contributed by atoms with Gasteiger partial charge in [0, 0.05) is 5.56 Å². The fourth-order valence-corrected chi connectivity index (χ4v) is 3.27. The fourth-order valence-electron chi connectivity index (χ4n) is 2.50. The summed E-state index contributed by atoms with van der Waals surface area (Å²) in [6.45, 7) is 1.45. The molecule has 1 N–H and O–H groups in total. The molecule has 0 saturated carbocycles. The Balaban J connectivity index is 1.89. The highest BCUT2D eigenvalue weighted by atomic mass is 32.1. The van der Waals surface area contributed by atoms with Crippen LogP contribution in [0, 0.1) is 17.1 Å². The number of hydrogen-bond acceptors (Lipinski definition) is 4. The Morgan fingerprint density at radius 1 is 1.39 bits per heavy atom. The minimum Gasteiger partial charge on any atom is -0.319 e. The maximum atomic E-state index is 14.0. The van der Waals surface area contributed by atoms with Crippen LogP contribution >= 0.6 is 11.3 Å². The van der Waals surface area contributed by atoms with Crippen LogP contribution in [0.1, 0.15) is 23.6 Å². The summed E-state index contributed by atoms with van der Waals surface area (Å²) in [6, 6.07) is 7.00. The van der Waals surface area contributed by atoms with Gasteiger partial charge >= 0.3 is 6.03 Å². The molecule has 0 radical (unpaired) electrons. The summed E-state index contributed by atoms with van der Waals surface area (Å²) in [5.74, 6) is -1.04. The topological polar surface area (TPSA) is 73.2 Å². The predicted molar refractivity (Wildman–Crippen MR) is 81.9 cm³/mol. The van der Waals surface area contributed by atoms with Crippen LogP contribution in [0.4, 0.5) is 9.18 Å². The molecule has 1 aromatic heterocycles. The summed E-state index contributed by atoms with van der Waals surface area (Å²) < 4.78 is 14.0. The Morgan fingerprint density at radius 3 is 2.78 bits per heavy atom. The van der Waals surface area contributed by atoms with Crippen LogP contribution in [0.15, 0.2) is 35.0 Å². The lowest BCUT2D eigenvalue weighted by Crippen LogP contribution is -2.40. The summed E-state index contributed by atoms with van der Waals surface area (Å²) in [7, 11) is 0. The molecule has 1 aliphatic rings. The van der Waals surface area contributed by atoms with E-state index in [2.05, 4.69) is 5.32 Å². The molecule has 2 aromatic rings. The van der Waals surface area contributed by atoms with Crippen LogP contribution in [-0.2, 0) is 16.9 Å². The van der Waals surface area contributed by atoms with Crippen molar-refractivity contribution in [3.8, 4) is 6.07 Å². The summed E-state index contributed by atoms with van der Waals surface area (Å²) in [5, 5.41) is 15.0. The molecule has 5 nitrogen and oxygen atoms in total. The number of thiophene rings is 1.